The minimum absolute atomic E-state index is 0.453. The summed E-state index contributed by atoms with van der Waals surface area (Å²) in [6, 6.07) is 0.673. The average Bonchev–Trinajstić information content (AvgIpc) is 3.26. The summed E-state index contributed by atoms with van der Waals surface area (Å²) < 4.78 is 0. The van der Waals surface area contributed by atoms with E-state index in [0.29, 0.717) is 11.6 Å². The van der Waals surface area contributed by atoms with Crippen LogP contribution in [0.1, 0.15) is 78.6 Å². The maximum absolute atomic E-state index is 3.71. The molecular weight excluding hydrogens is 244 g/mol. The molecule has 118 valence electrons. The number of piperazine rings is 1. The van der Waals surface area contributed by atoms with Crippen LogP contribution >= 0.6 is 0 Å². The predicted molar refractivity (Wildman–Crippen MR) is 88.2 cm³/mol. The Morgan fingerprint density at radius 2 is 1.70 bits per heavy atom. The maximum Gasteiger partial charge on any atom is 0.0334 e. The number of hydrogen-bond acceptors (Lipinski definition) is 2. The first-order valence-electron chi connectivity index (χ1n) is 9.15. The van der Waals surface area contributed by atoms with Gasteiger partial charge in [-0.3, -0.25) is 4.90 Å². The van der Waals surface area contributed by atoms with Crippen molar-refractivity contribution in [1.82, 2.24) is 10.2 Å². The van der Waals surface area contributed by atoms with Crippen molar-refractivity contribution in [2.45, 2.75) is 90.1 Å². The molecule has 2 fully saturated rings. The molecule has 2 unspecified atom stereocenters. The Kier molecular flexibility index (Phi) is 6.35. The van der Waals surface area contributed by atoms with Crippen molar-refractivity contribution in [2.75, 3.05) is 19.6 Å². The van der Waals surface area contributed by atoms with E-state index < -0.39 is 0 Å². The molecule has 1 saturated heterocycles. The van der Waals surface area contributed by atoms with Gasteiger partial charge in [-0.2, -0.15) is 0 Å². The van der Waals surface area contributed by atoms with E-state index in [0.717, 1.165) is 5.92 Å². The van der Waals surface area contributed by atoms with Gasteiger partial charge < -0.3 is 5.32 Å². The van der Waals surface area contributed by atoms with Crippen LogP contribution in [0, 0.1) is 5.92 Å². The second-order valence-corrected chi connectivity index (χ2v) is 7.48. The first-order valence-corrected chi connectivity index (χ1v) is 9.15. The molecule has 2 aliphatic rings. The number of nitrogens with zero attached hydrogens (tertiary/aromatic N) is 1. The lowest BCUT2D eigenvalue weighted by Crippen LogP contribution is -2.63. The lowest BCUT2D eigenvalue weighted by molar-refractivity contribution is 0.0369. The topological polar surface area (TPSA) is 15.3 Å². The minimum Gasteiger partial charge on any atom is -0.311 e. The first kappa shape index (κ1) is 16.3. The summed E-state index contributed by atoms with van der Waals surface area (Å²) in [5, 5.41) is 3.71. The average molecular weight is 281 g/mol. The van der Waals surface area contributed by atoms with E-state index in [1.54, 1.807) is 0 Å². The highest BCUT2D eigenvalue weighted by Crippen LogP contribution is 2.44. The van der Waals surface area contributed by atoms with Crippen LogP contribution < -0.4 is 5.32 Å². The highest BCUT2D eigenvalue weighted by Gasteiger charge is 2.47. The van der Waals surface area contributed by atoms with Crippen LogP contribution in [0.5, 0.6) is 0 Å². The van der Waals surface area contributed by atoms with Crippen LogP contribution in [0.15, 0.2) is 0 Å². The number of nitrogens with one attached hydrogen (secondary N) is 1. The molecule has 2 rings (SSSR count). The molecule has 0 spiro atoms. The molecule has 1 heterocycles. The van der Waals surface area contributed by atoms with Gasteiger partial charge in [-0.15, -0.1) is 0 Å². The molecule has 0 radical (unpaired) electrons. The summed E-state index contributed by atoms with van der Waals surface area (Å²) in [6.07, 6.45) is 12.9. The summed E-state index contributed by atoms with van der Waals surface area (Å²) in [5.41, 5.74) is 0.453. The van der Waals surface area contributed by atoms with E-state index in [1.165, 1.54) is 77.4 Å². The Morgan fingerprint density at radius 3 is 2.35 bits per heavy atom. The SMILES string of the molecule is CCCCCCCCCN1CC(C)NCC1(C)C1CC1. The Morgan fingerprint density at radius 1 is 1.05 bits per heavy atom. The van der Waals surface area contributed by atoms with E-state index in [4.69, 9.17) is 0 Å². The van der Waals surface area contributed by atoms with Gasteiger partial charge >= 0.3 is 0 Å². The van der Waals surface area contributed by atoms with Crippen molar-refractivity contribution in [3.8, 4) is 0 Å². The smallest absolute Gasteiger partial charge is 0.0334 e. The van der Waals surface area contributed by atoms with E-state index in [2.05, 4.69) is 31.0 Å². The van der Waals surface area contributed by atoms with Crippen molar-refractivity contribution in [1.29, 1.82) is 0 Å². The number of hydrogen-bond donors (Lipinski definition) is 1. The molecule has 2 nitrogen and oxygen atoms in total. The number of unbranched alkanes of at least 4 members (excludes halogenated alkanes) is 6. The standard InChI is InChI=1S/C18H36N2/c1-4-5-6-7-8-9-10-13-20-14-16(2)19-15-18(20,3)17-11-12-17/h16-17,19H,4-15H2,1-3H3. The Hall–Kier alpha value is -0.0800. The molecule has 0 aromatic rings. The lowest BCUT2D eigenvalue weighted by Gasteiger charge is -2.48. The molecule has 1 N–H and O–H groups in total. The highest BCUT2D eigenvalue weighted by atomic mass is 15.3. The van der Waals surface area contributed by atoms with Crippen molar-refractivity contribution < 1.29 is 0 Å². The zero-order valence-corrected chi connectivity index (χ0v) is 14.1. The molecule has 20 heavy (non-hydrogen) atoms. The molecule has 2 atom stereocenters. The zero-order valence-electron chi connectivity index (χ0n) is 14.1. The molecular formula is C18H36N2. The van der Waals surface area contributed by atoms with Gasteiger partial charge in [0.2, 0.25) is 0 Å². The lowest BCUT2D eigenvalue weighted by atomic mass is 9.89. The molecule has 0 amide bonds. The third-order valence-corrected chi connectivity index (χ3v) is 5.51. The Balaban J connectivity index is 1.66. The van der Waals surface area contributed by atoms with Crippen molar-refractivity contribution in [3.05, 3.63) is 0 Å². The van der Waals surface area contributed by atoms with Crippen LogP contribution in [0.2, 0.25) is 0 Å². The molecule has 1 aliphatic carbocycles. The minimum atomic E-state index is 0.453. The summed E-state index contributed by atoms with van der Waals surface area (Å²) >= 11 is 0. The third-order valence-electron chi connectivity index (χ3n) is 5.51. The van der Waals surface area contributed by atoms with Crippen LogP contribution in [0.3, 0.4) is 0 Å². The normalized spacial score (nSPS) is 31.6. The van der Waals surface area contributed by atoms with Gasteiger partial charge in [0.1, 0.15) is 0 Å². The Bertz CT molecular complexity index is 275. The fourth-order valence-electron chi connectivity index (χ4n) is 3.81. The van der Waals surface area contributed by atoms with Crippen molar-refractivity contribution in [3.63, 3.8) is 0 Å². The molecule has 0 aromatic heterocycles. The second kappa shape index (κ2) is 7.79. The molecule has 0 bridgehead atoms. The van der Waals surface area contributed by atoms with Crippen LogP contribution in [0.4, 0.5) is 0 Å². The van der Waals surface area contributed by atoms with E-state index in [-0.39, 0.29) is 0 Å². The summed E-state index contributed by atoms with van der Waals surface area (Å²) in [6.45, 7) is 10.9. The van der Waals surface area contributed by atoms with E-state index in [9.17, 15) is 0 Å². The number of rotatable bonds is 9. The van der Waals surface area contributed by atoms with Crippen molar-refractivity contribution >= 4 is 0 Å². The van der Waals surface area contributed by atoms with Gasteiger partial charge in [0.15, 0.2) is 0 Å². The molecule has 1 saturated carbocycles. The zero-order chi connectivity index (χ0) is 14.4. The molecule has 1 aliphatic heterocycles. The monoisotopic (exact) mass is 280 g/mol. The summed E-state index contributed by atoms with van der Waals surface area (Å²) in [7, 11) is 0. The van der Waals surface area contributed by atoms with Crippen LogP contribution in [-0.2, 0) is 0 Å². The van der Waals surface area contributed by atoms with Crippen molar-refractivity contribution in [2.24, 2.45) is 5.92 Å². The first-order chi connectivity index (χ1) is 9.66. The van der Waals surface area contributed by atoms with Gasteiger partial charge in [0, 0.05) is 24.7 Å². The quantitative estimate of drug-likeness (QED) is 0.637. The fourth-order valence-corrected chi connectivity index (χ4v) is 3.81. The van der Waals surface area contributed by atoms with E-state index >= 15 is 0 Å². The van der Waals surface area contributed by atoms with Gasteiger partial charge in [0.05, 0.1) is 0 Å². The van der Waals surface area contributed by atoms with Gasteiger partial charge in [0.25, 0.3) is 0 Å². The molecule has 0 aromatic carbocycles. The third kappa shape index (κ3) is 4.46. The highest BCUT2D eigenvalue weighted by molar-refractivity contribution is 5.04. The van der Waals surface area contributed by atoms with Gasteiger partial charge in [-0.1, -0.05) is 45.4 Å². The predicted octanol–water partition coefficient (Wildman–Crippen LogP) is 4.20. The Labute approximate surface area is 126 Å². The van der Waals surface area contributed by atoms with Gasteiger partial charge in [-0.25, -0.2) is 0 Å². The molecule has 2 heteroatoms. The van der Waals surface area contributed by atoms with Crippen LogP contribution in [-0.4, -0.2) is 36.1 Å². The summed E-state index contributed by atoms with van der Waals surface area (Å²) in [5.74, 6) is 0.965. The fraction of sp³-hybridized carbons (Fsp3) is 1.00. The van der Waals surface area contributed by atoms with Gasteiger partial charge in [-0.05, 0) is 45.6 Å². The van der Waals surface area contributed by atoms with Crippen LogP contribution in [0.25, 0.3) is 0 Å². The summed E-state index contributed by atoms with van der Waals surface area (Å²) in [4.78, 5) is 2.82. The maximum atomic E-state index is 3.71. The largest absolute Gasteiger partial charge is 0.311 e. The second-order valence-electron chi connectivity index (χ2n) is 7.48. The van der Waals surface area contributed by atoms with E-state index in [1.807, 2.05) is 0 Å².